The molecule has 2 bridgehead atoms. The predicted octanol–water partition coefficient (Wildman–Crippen LogP) is 2.11. The van der Waals surface area contributed by atoms with Gasteiger partial charge in [-0.1, -0.05) is 19.9 Å². The molecule has 4 aliphatic heterocycles. The third-order valence-corrected chi connectivity index (χ3v) is 4.03. The predicted molar refractivity (Wildman–Crippen MR) is 74.3 cm³/mol. The number of piperidine rings is 3. The molecule has 0 spiro atoms. The fraction of sp³-hybridized carbons (Fsp3) is 0.667. The van der Waals surface area contributed by atoms with Gasteiger partial charge in [-0.15, -0.1) is 0 Å². The first-order chi connectivity index (χ1) is 8.84. The summed E-state index contributed by atoms with van der Waals surface area (Å²) in [6.45, 7) is 7.15. The molecule has 0 radical (unpaired) electrons. The van der Waals surface area contributed by atoms with Crippen molar-refractivity contribution in [3.8, 4) is 0 Å². The average molecular weight is 248 g/mol. The Bertz CT molecular complexity index is 352. The zero-order valence-electron chi connectivity index (χ0n) is 11.5. The number of Topliss-reactive ketones (excluding diaryl/α,β-unsaturated/α-hetero) is 1. The number of nitrogens with one attached hydrogen (secondary N) is 1. The van der Waals surface area contributed by atoms with Crippen molar-refractivity contribution < 1.29 is 4.79 Å². The third-order valence-electron chi connectivity index (χ3n) is 4.03. The number of carbonyl (C=O) groups excluding carboxylic acids is 1. The summed E-state index contributed by atoms with van der Waals surface area (Å²) in [5, 5.41) is 3.20. The lowest BCUT2D eigenvalue weighted by atomic mass is 9.80. The normalized spacial score (nSPS) is 33.3. The van der Waals surface area contributed by atoms with Crippen LogP contribution in [0.15, 0.2) is 23.9 Å². The fourth-order valence-corrected chi connectivity index (χ4v) is 3.07. The minimum absolute atomic E-state index is 0.173. The maximum absolute atomic E-state index is 12.2. The van der Waals surface area contributed by atoms with Crippen LogP contribution in [-0.2, 0) is 4.79 Å². The quantitative estimate of drug-likeness (QED) is 0.812. The van der Waals surface area contributed by atoms with E-state index in [0.29, 0.717) is 11.7 Å². The highest BCUT2D eigenvalue weighted by atomic mass is 16.1. The van der Waals surface area contributed by atoms with Crippen molar-refractivity contribution in [2.45, 2.75) is 39.2 Å². The largest absolute Gasteiger partial charge is 0.387 e. The van der Waals surface area contributed by atoms with Crippen molar-refractivity contribution >= 4 is 5.78 Å². The van der Waals surface area contributed by atoms with Crippen LogP contribution in [0.5, 0.6) is 0 Å². The second-order valence-corrected chi connectivity index (χ2v) is 5.00. The van der Waals surface area contributed by atoms with Gasteiger partial charge < -0.3 is 5.32 Å². The molecular weight excluding hydrogens is 224 g/mol. The van der Waals surface area contributed by atoms with Gasteiger partial charge in [0.05, 0.1) is 6.04 Å². The van der Waals surface area contributed by atoms with Crippen LogP contribution in [0.1, 0.15) is 33.1 Å². The van der Waals surface area contributed by atoms with E-state index in [1.807, 2.05) is 26.1 Å². The smallest absolute Gasteiger partial charge is 0.153 e. The van der Waals surface area contributed by atoms with Crippen molar-refractivity contribution in [1.82, 2.24) is 10.2 Å². The monoisotopic (exact) mass is 248 g/mol. The van der Waals surface area contributed by atoms with Crippen molar-refractivity contribution in [3.63, 3.8) is 0 Å². The molecule has 100 valence electrons. The van der Waals surface area contributed by atoms with E-state index in [1.54, 1.807) is 0 Å². The Hall–Kier alpha value is -1.09. The molecule has 0 saturated carbocycles. The minimum atomic E-state index is 0.173. The van der Waals surface area contributed by atoms with Gasteiger partial charge >= 0.3 is 0 Å². The lowest BCUT2D eigenvalue weighted by Crippen LogP contribution is -2.55. The van der Waals surface area contributed by atoms with Gasteiger partial charge in [0, 0.05) is 12.5 Å². The molecule has 4 heterocycles. The van der Waals surface area contributed by atoms with Crippen molar-refractivity contribution in [3.05, 3.63) is 23.9 Å². The van der Waals surface area contributed by atoms with Gasteiger partial charge in [0.25, 0.3) is 0 Å². The molecule has 0 aromatic carbocycles. The van der Waals surface area contributed by atoms with Crippen LogP contribution < -0.4 is 5.32 Å². The number of fused-ring (bicyclic) bond motifs is 3. The number of carbonyl (C=O) groups is 1. The van der Waals surface area contributed by atoms with E-state index in [4.69, 9.17) is 0 Å². The summed E-state index contributed by atoms with van der Waals surface area (Å²) in [5.41, 5.74) is 1.36. The molecule has 3 heteroatoms. The van der Waals surface area contributed by atoms with E-state index in [-0.39, 0.29) is 6.04 Å². The Kier molecular flexibility index (Phi) is 4.59. The molecule has 0 aliphatic carbocycles. The third kappa shape index (κ3) is 2.66. The van der Waals surface area contributed by atoms with Crippen LogP contribution in [0.25, 0.3) is 0 Å². The Morgan fingerprint density at radius 3 is 2.61 bits per heavy atom. The SMILES string of the molecule is CC.O=C1C2CCN(CC2)C1CC1=CC=CNC1. The van der Waals surface area contributed by atoms with Crippen molar-refractivity contribution in [1.29, 1.82) is 0 Å². The zero-order valence-corrected chi connectivity index (χ0v) is 11.5. The van der Waals surface area contributed by atoms with Gasteiger partial charge in [0.1, 0.15) is 0 Å². The summed E-state index contributed by atoms with van der Waals surface area (Å²) in [5.74, 6) is 0.857. The molecule has 4 aliphatic rings. The molecule has 1 unspecified atom stereocenters. The van der Waals surface area contributed by atoms with Crippen LogP contribution in [0.3, 0.4) is 0 Å². The van der Waals surface area contributed by atoms with Gasteiger partial charge in [-0.2, -0.15) is 0 Å². The first kappa shape index (κ1) is 13.3. The van der Waals surface area contributed by atoms with Gasteiger partial charge in [0.2, 0.25) is 0 Å². The van der Waals surface area contributed by atoms with E-state index in [1.165, 1.54) is 5.57 Å². The molecule has 3 saturated heterocycles. The molecule has 0 aromatic heterocycles. The Balaban J connectivity index is 0.000000574. The second kappa shape index (κ2) is 6.19. The maximum Gasteiger partial charge on any atom is 0.153 e. The molecule has 0 amide bonds. The van der Waals surface area contributed by atoms with Crippen LogP contribution in [0.4, 0.5) is 0 Å². The topological polar surface area (TPSA) is 32.3 Å². The number of hydrogen-bond acceptors (Lipinski definition) is 3. The van der Waals surface area contributed by atoms with Crippen LogP contribution in [0.2, 0.25) is 0 Å². The first-order valence-corrected chi connectivity index (χ1v) is 7.20. The first-order valence-electron chi connectivity index (χ1n) is 7.20. The van der Waals surface area contributed by atoms with Crippen molar-refractivity contribution in [2.24, 2.45) is 5.92 Å². The van der Waals surface area contributed by atoms with E-state index in [9.17, 15) is 4.79 Å². The summed E-state index contributed by atoms with van der Waals surface area (Å²) in [7, 11) is 0. The lowest BCUT2D eigenvalue weighted by Gasteiger charge is -2.44. The molecule has 3 nitrogen and oxygen atoms in total. The molecule has 1 N–H and O–H groups in total. The zero-order chi connectivity index (χ0) is 13.0. The number of rotatable bonds is 2. The maximum atomic E-state index is 12.2. The summed E-state index contributed by atoms with van der Waals surface area (Å²) < 4.78 is 0. The number of hydrogen-bond donors (Lipinski definition) is 1. The standard InChI is InChI=1S/C13H18N2O.C2H6/c16-13-11-3-6-15(7-4-11)12(13)8-10-2-1-5-14-9-10;1-2/h1-2,5,11-12,14H,3-4,6-9H2;1-2H3. The van der Waals surface area contributed by atoms with Gasteiger partial charge in [-0.3, -0.25) is 9.69 Å². The molecular formula is C15H24N2O. The van der Waals surface area contributed by atoms with Gasteiger partial charge in [-0.25, -0.2) is 0 Å². The lowest BCUT2D eigenvalue weighted by molar-refractivity contribution is -0.136. The van der Waals surface area contributed by atoms with Crippen LogP contribution in [-0.4, -0.2) is 36.4 Å². The Morgan fingerprint density at radius 2 is 2.06 bits per heavy atom. The minimum Gasteiger partial charge on any atom is -0.387 e. The highest BCUT2D eigenvalue weighted by Gasteiger charge is 2.40. The number of ketones is 1. The Morgan fingerprint density at radius 1 is 1.33 bits per heavy atom. The molecule has 1 atom stereocenters. The van der Waals surface area contributed by atoms with Crippen molar-refractivity contribution in [2.75, 3.05) is 19.6 Å². The van der Waals surface area contributed by atoms with Gasteiger partial charge in [0.15, 0.2) is 5.78 Å². The molecule has 4 rings (SSSR count). The van der Waals surface area contributed by atoms with Crippen LogP contribution >= 0.6 is 0 Å². The molecule has 3 fully saturated rings. The van der Waals surface area contributed by atoms with E-state index < -0.39 is 0 Å². The van der Waals surface area contributed by atoms with Crippen LogP contribution in [0, 0.1) is 5.92 Å². The summed E-state index contributed by atoms with van der Waals surface area (Å²) in [6, 6.07) is 0.173. The fourth-order valence-electron chi connectivity index (χ4n) is 3.07. The van der Waals surface area contributed by atoms with E-state index in [0.717, 1.165) is 38.9 Å². The molecule has 0 aromatic rings. The number of allylic oxidation sites excluding steroid dienone is 2. The average Bonchev–Trinajstić information content (AvgIpc) is 2.47. The second-order valence-electron chi connectivity index (χ2n) is 5.00. The van der Waals surface area contributed by atoms with E-state index >= 15 is 0 Å². The highest BCUT2D eigenvalue weighted by molar-refractivity contribution is 5.88. The highest BCUT2D eigenvalue weighted by Crippen LogP contribution is 2.31. The number of nitrogens with zero attached hydrogens (tertiary/aromatic N) is 1. The van der Waals surface area contributed by atoms with E-state index in [2.05, 4.69) is 16.3 Å². The Labute approximate surface area is 110 Å². The summed E-state index contributed by atoms with van der Waals surface area (Å²) >= 11 is 0. The molecule has 18 heavy (non-hydrogen) atoms. The number of dihydropyridines is 1. The van der Waals surface area contributed by atoms with Gasteiger partial charge in [-0.05, 0) is 50.2 Å². The summed E-state index contributed by atoms with van der Waals surface area (Å²) in [4.78, 5) is 14.5. The summed E-state index contributed by atoms with van der Waals surface area (Å²) in [6.07, 6.45) is 9.23.